The van der Waals surface area contributed by atoms with Gasteiger partial charge < -0.3 is 10.4 Å². The Hall–Kier alpha value is -1.76. The zero-order chi connectivity index (χ0) is 15.9. The fraction of sp³-hybridized carbons (Fsp3) is 0.375. The van der Waals surface area contributed by atoms with Gasteiger partial charge in [0, 0.05) is 24.7 Å². The zero-order valence-corrected chi connectivity index (χ0v) is 13.3. The van der Waals surface area contributed by atoms with Gasteiger partial charge >= 0.3 is 0 Å². The first kappa shape index (κ1) is 16.6. The Balaban J connectivity index is 2.06. The number of benzene rings is 1. The fourth-order valence-electron chi connectivity index (χ4n) is 2.37. The SMILES string of the molecule is CCCC(NCC(O)c1ccsc1)c1cccc([N+](=O)[O-])c1. The summed E-state index contributed by atoms with van der Waals surface area (Å²) in [6.07, 6.45) is 1.25. The van der Waals surface area contributed by atoms with Crippen molar-refractivity contribution in [2.24, 2.45) is 0 Å². The zero-order valence-electron chi connectivity index (χ0n) is 12.4. The first-order valence-corrected chi connectivity index (χ1v) is 8.24. The van der Waals surface area contributed by atoms with Crippen LogP contribution in [0, 0.1) is 10.1 Å². The quantitative estimate of drug-likeness (QED) is 0.572. The summed E-state index contributed by atoms with van der Waals surface area (Å²) in [4.78, 5) is 10.5. The monoisotopic (exact) mass is 320 g/mol. The third kappa shape index (κ3) is 4.37. The molecule has 0 bridgehead atoms. The van der Waals surface area contributed by atoms with Crippen LogP contribution in [0.15, 0.2) is 41.1 Å². The highest BCUT2D eigenvalue weighted by atomic mass is 32.1. The van der Waals surface area contributed by atoms with E-state index in [4.69, 9.17) is 0 Å². The van der Waals surface area contributed by atoms with E-state index in [9.17, 15) is 15.2 Å². The van der Waals surface area contributed by atoms with Gasteiger partial charge in [-0.3, -0.25) is 10.1 Å². The smallest absolute Gasteiger partial charge is 0.269 e. The Morgan fingerprint density at radius 3 is 2.82 bits per heavy atom. The molecule has 0 amide bonds. The van der Waals surface area contributed by atoms with Gasteiger partial charge in [0.15, 0.2) is 0 Å². The van der Waals surface area contributed by atoms with Gasteiger partial charge in [-0.2, -0.15) is 11.3 Å². The molecule has 5 nitrogen and oxygen atoms in total. The minimum atomic E-state index is -0.565. The molecule has 0 radical (unpaired) electrons. The molecule has 1 heterocycles. The number of nitro benzene ring substituents is 1. The number of nitro groups is 1. The van der Waals surface area contributed by atoms with Crippen LogP contribution in [-0.2, 0) is 0 Å². The third-order valence-corrected chi connectivity index (χ3v) is 4.25. The Morgan fingerprint density at radius 2 is 2.18 bits per heavy atom. The molecule has 0 fully saturated rings. The van der Waals surface area contributed by atoms with Crippen LogP contribution in [0.1, 0.15) is 43.0 Å². The molecule has 0 aliphatic rings. The lowest BCUT2D eigenvalue weighted by Gasteiger charge is -2.20. The molecule has 1 aromatic carbocycles. The van der Waals surface area contributed by atoms with E-state index in [1.54, 1.807) is 23.5 Å². The standard InChI is InChI=1S/C16H20N2O3S/c1-2-4-15(12-5-3-6-14(9-12)18(20)21)17-10-16(19)13-7-8-22-11-13/h3,5-9,11,15-17,19H,2,4,10H2,1H3. The van der Waals surface area contributed by atoms with Crippen molar-refractivity contribution in [3.63, 3.8) is 0 Å². The van der Waals surface area contributed by atoms with Crippen LogP contribution >= 0.6 is 11.3 Å². The second kappa shape index (κ2) is 8.03. The summed E-state index contributed by atoms with van der Waals surface area (Å²) in [5, 5.41) is 28.2. The second-order valence-corrected chi connectivity index (χ2v) is 5.95. The van der Waals surface area contributed by atoms with Crippen molar-refractivity contribution in [1.29, 1.82) is 0 Å². The molecular weight excluding hydrogens is 300 g/mol. The van der Waals surface area contributed by atoms with Crippen molar-refractivity contribution in [2.45, 2.75) is 31.9 Å². The topological polar surface area (TPSA) is 75.4 Å². The molecule has 0 aliphatic carbocycles. The van der Waals surface area contributed by atoms with Crippen molar-refractivity contribution in [1.82, 2.24) is 5.32 Å². The maximum atomic E-state index is 10.9. The fourth-order valence-corrected chi connectivity index (χ4v) is 3.07. The van der Waals surface area contributed by atoms with Crippen molar-refractivity contribution in [2.75, 3.05) is 6.54 Å². The van der Waals surface area contributed by atoms with E-state index in [1.807, 2.05) is 22.9 Å². The highest BCUT2D eigenvalue weighted by Gasteiger charge is 2.16. The van der Waals surface area contributed by atoms with E-state index >= 15 is 0 Å². The number of nitrogens with zero attached hydrogens (tertiary/aromatic N) is 1. The number of hydrogen-bond donors (Lipinski definition) is 2. The lowest BCUT2D eigenvalue weighted by atomic mass is 10.0. The average molecular weight is 320 g/mol. The van der Waals surface area contributed by atoms with Gasteiger partial charge in [0.25, 0.3) is 5.69 Å². The van der Waals surface area contributed by atoms with E-state index in [2.05, 4.69) is 12.2 Å². The second-order valence-electron chi connectivity index (χ2n) is 5.17. The summed E-state index contributed by atoms with van der Waals surface area (Å²) in [6, 6.07) is 8.58. The highest BCUT2D eigenvalue weighted by Crippen LogP contribution is 2.24. The van der Waals surface area contributed by atoms with Crippen LogP contribution in [-0.4, -0.2) is 16.6 Å². The minimum Gasteiger partial charge on any atom is -0.387 e. The van der Waals surface area contributed by atoms with Gasteiger partial charge in [0.2, 0.25) is 0 Å². The number of thiophene rings is 1. The minimum absolute atomic E-state index is 0.00168. The molecule has 0 saturated carbocycles. The summed E-state index contributed by atoms with van der Waals surface area (Å²) >= 11 is 1.55. The Labute approximate surface area is 133 Å². The molecular formula is C16H20N2O3S. The van der Waals surface area contributed by atoms with Crippen LogP contribution in [0.25, 0.3) is 0 Å². The van der Waals surface area contributed by atoms with Crippen molar-refractivity contribution in [3.8, 4) is 0 Å². The molecule has 22 heavy (non-hydrogen) atoms. The average Bonchev–Trinajstić information content (AvgIpc) is 3.05. The van der Waals surface area contributed by atoms with Crippen LogP contribution in [0.2, 0.25) is 0 Å². The maximum absolute atomic E-state index is 10.9. The van der Waals surface area contributed by atoms with Crippen LogP contribution < -0.4 is 5.32 Å². The van der Waals surface area contributed by atoms with Gasteiger partial charge in [-0.25, -0.2) is 0 Å². The van der Waals surface area contributed by atoms with Gasteiger partial charge in [-0.1, -0.05) is 25.5 Å². The predicted molar refractivity (Wildman–Crippen MR) is 88.0 cm³/mol. The summed E-state index contributed by atoms with van der Waals surface area (Å²) in [6.45, 7) is 2.49. The number of hydrogen-bond acceptors (Lipinski definition) is 5. The number of aliphatic hydroxyl groups excluding tert-OH is 1. The van der Waals surface area contributed by atoms with E-state index in [1.165, 1.54) is 6.07 Å². The molecule has 0 saturated heterocycles. The first-order chi connectivity index (χ1) is 10.6. The summed E-state index contributed by atoms with van der Waals surface area (Å²) in [5.74, 6) is 0. The van der Waals surface area contributed by atoms with Crippen LogP contribution in [0.5, 0.6) is 0 Å². The van der Waals surface area contributed by atoms with Gasteiger partial charge in [-0.05, 0) is 34.4 Å². The molecule has 2 N–H and O–H groups in total. The highest BCUT2D eigenvalue weighted by molar-refractivity contribution is 7.07. The largest absolute Gasteiger partial charge is 0.387 e. The van der Waals surface area contributed by atoms with Crippen LogP contribution in [0.3, 0.4) is 0 Å². The number of non-ortho nitro benzene ring substituents is 1. The lowest BCUT2D eigenvalue weighted by molar-refractivity contribution is -0.384. The van der Waals surface area contributed by atoms with Crippen molar-refractivity contribution >= 4 is 17.0 Å². The summed E-state index contributed by atoms with van der Waals surface area (Å²) in [7, 11) is 0. The molecule has 0 aliphatic heterocycles. The molecule has 2 aromatic rings. The maximum Gasteiger partial charge on any atom is 0.269 e. The van der Waals surface area contributed by atoms with E-state index in [0.29, 0.717) is 6.54 Å². The molecule has 6 heteroatoms. The Morgan fingerprint density at radius 1 is 1.36 bits per heavy atom. The van der Waals surface area contributed by atoms with Crippen molar-refractivity contribution in [3.05, 3.63) is 62.3 Å². The first-order valence-electron chi connectivity index (χ1n) is 7.29. The molecule has 2 atom stereocenters. The number of aliphatic hydroxyl groups is 1. The molecule has 118 valence electrons. The van der Waals surface area contributed by atoms with Gasteiger partial charge in [0.05, 0.1) is 11.0 Å². The van der Waals surface area contributed by atoms with E-state index < -0.39 is 6.10 Å². The van der Waals surface area contributed by atoms with Crippen LogP contribution in [0.4, 0.5) is 5.69 Å². The predicted octanol–water partition coefficient (Wildman–Crippen LogP) is 3.82. The third-order valence-electron chi connectivity index (χ3n) is 3.55. The molecule has 2 unspecified atom stereocenters. The molecule has 2 rings (SSSR count). The number of nitrogens with one attached hydrogen (secondary N) is 1. The number of rotatable bonds is 8. The summed E-state index contributed by atoms with van der Waals surface area (Å²) < 4.78 is 0. The lowest BCUT2D eigenvalue weighted by Crippen LogP contribution is -2.26. The van der Waals surface area contributed by atoms with E-state index in [-0.39, 0.29) is 16.7 Å². The van der Waals surface area contributed by atoms with E-state index in [0.717, 1.165) is 24.0 Å². The van der Waals surface area contributed by atoms with Crippen molar-refractivity contribution < 1.29 is 10.0 Å². The molecule has 0 spiro atoms. The van der Waals surface area contributed by atoms with Gasteiger partial charge in [0.1, 0.15) is 0 Å². The Bertz CT molecular complexity index is 601. The van der Waals surface area contributed by atoms with Gasteiger partial charge in [-0.15, -0.1) is 0 Å². The summed E-state index contributed by atoms with van der Waals surface area (Å²) in [5.41, 5.74) is 1.87. The molecule has 1 aromatic heterocycles. The Kier molecular flexibility index (Phi) is 6.06. The normalized spacial score (nSPS) is 13.7.